The summed E-state index contributed by atoms with van der Waals surface area (Å²) in [7, 11) is 0. The van der Waals surface area contributed by atoms with Crippen LogP contribution in [0.4, 0.5) is 15.9 Å². The van der Waals surface area contributed by atoms with Crippen LogP contribution in [-0.4, -0.2) is 15.8 Å². The summed E-state index contributed by atoms with van der Waals surface area (Å²) in [6.45, 7) is 0.295. The average molecular weight is 499 g/mol. The number of nitrogens with zero attached hydrogens (tertiary/aromatic N) is 2. The normalized spacial score (nSPS) is 10.8. The predicted molar refractivity (Wildman–Crippen MR) is 130 cm³/mol. The van der Waals surface area contributed by atoms with Crippen molar-refractivity contribution in [1.29, 1.82) is 0 Å². The van der Waals surface area contributed by atoms with Crippen molar-refractivity contribution in [2.75, 3.05) is 5.32 Å². The van der Waals surface area contributed by atoms with Gasteiger partial charge >= 0.3 is 5.69 Å². The molecule has 34 heavy (non-hydrogen) atoms. The second kappa shape index (κ2) is 10.0. The summed E-state index contributed by atoms with van der Waals surface area (Å²) in [6, 6.07) is 17.3. The number of hydrogen-bond donors (Lipinski definition) is 2. The molecule has 1 heterocycles. The zero-order valence-electron chi connectivity index (χ0n) is 17.5. The van der Waals surface area contributed by atoms with E-state index < -0.39 is 22.3 Å². The monoisotopic (exact) mass is 498 g/mol. The quantitative estimate of drug-likeness (QED) is 0.236. The smallest absolute Gasteiger partial charge is 0.324 e. The van der Waals surface area contributed by atoms with E-state index in [0.29, 0.717) is 10.0 Å². The number of fused-ring (bicyclic) bond motifs is 1. The van der Waals surface area contributed by atoms with E-state index in [4.69, 9.17) is 23.2 Å². The van der Waals surface area contributed by atoms with E-state index in [9.17, 15) is 19.3 Å². The lowest BCUT2D eigenvalue weighted by molar-refractivity contribution is -0.384. The number of carbonyl (C=O) groups excluding carboxylic acids is 1. The fourth-order valence-electron chi connectivity index (χ4n) is 3.42. The highest BCUT2D eigenvalue weighted by atomic mass is 35.5. The largest absolute Gasteiger partial charge is 0.360 e. The van der Waals surface area contributed by atoms with Crippen molar-refractivity contribution in [3.63, 3.8) is 0 Å². The first kappa shape index (κ1) is 23.4. The van der Waals surface area contributed by atoms with Crippen LogP contribution in [0, 0.1) is 15.9 Å². The molecule has 3 aromatic carbocycles. The van der Waals surface area contributed by atoms with E-state index in [1.807, 2.05) is 0 Å². The number of rotatable bonds is 7. The number of hydrogen-bond acceptors (Lipinski definition) is 5. The van der Waals surface area contributed by atoms with Crippen LogP contribution in [0.15, 0.2) is 66.7 Å². The van der Waals surface area contributed by atoms with Gasteiger partial charge in [0.2, 0.25) is 5.82 Å². The third-order valence-electron chi connectivity index (χ3n) is 5.07. The van der Waals surface area contributed by atoms with Crippen molar-refractivity contribution < 1.29 is 14.1 Å². The molecular formula is C24H17Cl2FN4O3. The van der Waals surface area contributed by atoms with E-state index in [2.05, 4.69) is 15.6 Å². The van der Waals surface area contributed by atoms with Gasteiger partial charge in [-0.3, -0.25) is 14.9 Å². The lowest BCUT2D eigenvalue weighted by Crippen LogP contribution is -2.25. The van der Waals surface area contributed by atoms with Crippen molar-refractivity contribution >= 4 is 51.5 Å². The highest BCUT2D eigenvalue weighted by Gasteiger charge is 2.29. The Balaban J connectivity index is 1.73. The van der Waals surface area contributed by atoms with Gasteiger partial charge in [-0.1, -0.05) is 47.5 Å². The molecule has 0 spiro atoms. The second-order valence-electron chi connectivity index (χ2n) is 7.39. The van der Waals surface area contributed by atoms with Gasteiger partial charge in [0.15, 0.2) is 0 Å². The summed E-state index contributed by atoms with van der Waals surface area (Å²) >= 11 is 11.8. The van der Waals surface area contributed by atoms with Crippen LogP contribution in [0.2, 0.25) is 10.0 Å². The maximum Gasteiger partial charge on any atom is 0.324 e. The Morgan fingerprint density at radius 2 is 1.53 bits per heavy atom. The van der Waals surface area contributed by atoms with Crippen LogP contribution in [0.3, 0.4) is 0 Å². The van der Waals surface area contributed by atoms with Gasteiger partial charge in [-0.2, -0.15) is 0 Å². The minimum Gasteiger partial charge on any atom is -0.360 e. The molecule has 0 saturated carbocycles. The third-order valence-corrected chi connectivity index (χ3v) is 5.58. The molecule has 4 rings (SSSR count). The van der Waals surface area contributed by atoms with Crippen LogP contribution >= 0.6 is 23.2 Å². The van der Waals surface area contributed by atoms with Crippen molar-refractivity contribution in [3.8, 4) is 0 Å². The molecule has 0 aliphatic rings. The Kier molecular flexibility index (Phi) is 6.90. The van der Waals surface area contributed by atoms with E-state index in [1.165, 1.54) is 6.07 Å². The molecule has 0 radical (unpaired) electrons. The minimum absolute atomic E-state index is 0.112. The zero-order chi connectivity index (χ0) is 24.2. The zero-order valence-corrected chi connectivity index (χ0v) is 19.0. The second-order valence-corrected chi connectivity index (χ2v) is 8.26. The first-order valence-electron chi connectivity index (χ1n) is 10.1. The summed E-state index contributed by atoms with van der Waals surface area (Å²) in [5.41, 5.74) is 0.949. The van der Waals surface area contributed by atoms with E-state index in [-0.39, 0.29) is 35.4 Å². The van der Waals surface area contributed by atoms with Crippen LogP contribution < -0.4 is 10.6 Å². The van der Waals surface area contributed by atoms with E-state index >= 15 is 0 Å². The van der Waals surface area contributed by atoms with Crippen LogP contribution in [-0.2, 0) is 13.1 Å². The molecule has 7 nitrogen and oxygen atoms in total. The van der Waals surface area contributed by atoms with Gasteiger partial charge in [0.1, 0.15) is 11.4 Å². The number of nitro groups is 1. The highest BCUT2D eigenvalue weighted by molar-refractivity contribution is 6.30. The third kappa shape index (κ3) is 5.24. The molecule has 172 valence electrons. The van der Waals surface area contributed by atoms with Crippen LogP contribution in [0.5, 0.6) is 0 Å². The summed E-state index contributed by atoms with van der Waals surface area (Å²) in [5.74, 6) is -1.41. The number of anilines is 1. The number of aromatic nitrogens is 1. The molecule has 2 N–H and O–H groups in total. The van der Waals surface area contributed by atoms with Gasteiger partial charge < -0.3 is 10.6 Å². The first-order chi connectivity index (χ1) is 16.3. The summed E-state index contributed by atoms with van der Waals surface area (Å²) in [5, 5.41) is 18.9. The Hall–Kier alpha value is -3.75. The minimum atomic E-state index is -0.685. The Morgan fingerprint density at radius 1 is 0.941 bits per heavy atom. The van der Waals surface area contributed by atoms with Crippen molar-refractivity contribution in [3.05, 3.63) is 109 Å². The Morgan fingerprint density at radius 3 is 2.12 bits per heavy atom. The van der Waals surface area contributed by atoms with Gasteiger partial charge in [0.25, 0.3) is 5.91 Å². The molecule has 4 aromatic rings. The Labute approximate surface area is 203 Å². The van der Waals surface area contributed by atoms with E-state index in [1.54, 1.807) is 48.5 Å². The Bertz CT molecular complexity index is 1380. The van der Waals surface area contributed by atoms with Gasteiger partial charge in [-0.05, 0) is 47.5 Å². The number of carbonyl (C=O) groups is 1. The molecule has 0 bridgehead atoms. The molecule has 1 aromatic heterocycles. The van der Waals surface area contributed by atoms with Crippen molar-refractivity contribution in [1.82, 2.24) is 10.3 Å². The lowest BCUT2D eigenvalue weighted by atomic mass is 10.0. The fourth-order valence-corrected chi connectivity index (χ4v) is 3.67. The average Bonchev–Trinajstić information content (AvgIpc) is 2.81. The molecule has 0 unspecified atom stereocenters. The molecule has 0 aliphatic carbocycles. The van der Waals surface area contributed by atoms with Gasteiger partial charge in [-0.25, -0.2) is 9.37 Å². The summed E-state index contributed by atoms with van der Waals surface area (Å²) in [6.07, 6.45) is 0. The molecule has 1 amide bonds. The molecule has 10 heteroatoms. The maximum atomic E-state index is 13.9. The van der Waals surface area contributed by atoms with Gasteiger partial charge in [0.05, 0.1) is 10.4 Å². The molecule has 0 fully saturated rings. The standard InChI is InChI=1S/C24H17Cl2FN4O3/c25-16-5-1-14(2-6-16)12-28-23-22(31(33)34)21(19-10-9-18(27)11-20(19)30-23)24(32)29-13-15-3-7-17(26)8-4-15/h1-11H,12-13H2,(H,28,30)(H,29,32). The van der Waals surface area contributed by atoms with Gasteiger partial charge in [-0.15, -0.1) is 0 Å². The first-order valence-corrected chi connectivity index (χ1v) is 10.9. The van der Waals surface area contributed by atoms with Crippen molar-refractivity contribution in [2.45, 2.75) is 13.1 Å². The SMILES string of the molecule is O=C(NCc1ccc(Cl)cc1)c1c([N+](=O)[O-])c(NCc2ccc(Cl)cc2)nc2cc(F)ccc12. The van der Waals surface area contributed by atoms with Gasteiger partial charge in [0, 0.05) is 34.6 Å². The molecule has 0 atom stereocenters. The topological polar surface area (TPSA) is 97.2 Å². The van der Waals surface area contributed by atoms with Crippen LogP contribution in [0.25, 0.3) is 10.9 Å². The number of benzene rings is 3. The molecular weight excluding hydrogens is 482 g/mol. The van der Waals surface area contributed by atoms with E-state index in [0.717, 1.165) is 23.3 Å². The number of halogens is 3. The lowest BCUT2D eigenvalue weighted by Gasteiger charge is -2.13. The maximum absolute atomic E-state index is 13.9. The summed E-state index contributed by atoms with van der Waals surface area (Å²) < 4.78 is 13.9. The van der Waals surface area contributed by atoms with Crippen molar-refractivity contribution in [2.24, 2.45) is 0 Å². The summed E-state index contributed by atoms with van der Waals surface area (Å²) in [4.78, 5) is 28.8. The number of nitrogens with one attached hydrogen (secondary N) is 2. The number of amides is 1. The highest BCUT2D eigenvalue weighted by Crippen LogP contribution is 2.34. The van der Waals surface area contributed by atoms with Crippen LogP contribution in [0.1, 0.15) is 21.5 Å². The molecule has 0 saturated heterocycles. The number of pyridine rings is 1. The fraction of sp³-hybridized carbons (Fsp3) is 0.0833. The molecule has 0 aliphatic heterocycles. The predicted octanol–water partition coefficient (Wildman–Crippen LogP) is 6.13.